The number of fused-ring (bicyclic) bond motifs is 1. The Hall–Kier alpha value is -2.93. The summed E-state index contributed by atoms with van der Waals surface area (Å²) >= 11 is 5.87. The molecule has 38 heavy (non-hydrogen) atoms. The summed E-state index contributed by atoms with van der Waals surface area (Å²) in [5, 5.41) is 12.7. The fourth-order valence-electron chi connectivity index (χ4n) is 4.01. The fraction of sp³-hybridized carbons (Fsp3) is 0.261. The van der Waals surface area contributed by atoms with Gasteiger partial charge in [-0.1, -0.05) is 11.6 Å². The van der Waals surface area contributed by atoms with Crippen molar-refractivity contribution in [3.8, 4) is 11.5 Å². The summed E-state index contributed by atoms with van der Waals surface area (Å²) < 4.78 is 76.6. The predicted molar refractivity (Wildman–Crippen MR) is 127 cm³/mol. The zero-order valence-corrected chi connectivity index (χ0v) is 20.9. The number of anilines is 1. The van der Waals surface area contributed by atoms with Gasteiger partial charge in [0.2, 0.25) is 0 Å². The maximum atomic E-state index is 14.2. The highest BCUT2D eigenvalue weighted by atomic mass is 35.5. The smallest absolute Gasteiger partial charge is 0.457 e. The molecule has 0 fully saturated rings. The van der Waals surface area contributed by atoms with E-state index in [-0.39, 0.29) is 17.0 Å². The minimum atomic E-state index is -4.84. The number of halogens is 5. The molecule has 1 heterocycles. The highest BCUT2D eigenvalue weighted by molar-refractivity contribution is 7.46. The van der Waals surface area contributed by atoms with Crippen molar-refractivity contribution in [3.05, 3.63) is 86.0 Å². The van der Waals surface area contributed by atoms with Crippen LogP contribution in [0.2, 0.25) is 5.02 Å². The second-order valence-corrected chi connectivity index (χ2v) is 9.99. The number of aromatic nitrogens is 1. The van der Waals surface area contributed by atoms with Crippen LogP contribution < -0.4 is 15.6 Å². The number of ether oxygens (including phenoxy) is 1. The molecule has 0 spiro atoms. The van der Waals surface area contributed by atoms with E-state index < -0.39 is 54.7 Å². The largest absolute Gasteiger partial charge is 0.471 e. The number of nitrogens with one attached hydrogen (secondary N) is 1. The molecule has 1 aliphatic carbocycles. The van der Waals surface area contributed by atoms with Gasteiger partial charge in [0.15, 0.2) is 6.23 Å². The van der Waals surface area contributed by atoms with Crippen LogP contribution in [0.1, 0.15) is 34.9 Å². The molecular weight excluding hydrogens is 559 g/mol. The third kappa shape index (κ3) is 6.37. The molecule has 1 aromatic heterocycles. The Labute approximate surface area is 217 Å². The summed E-state index contributed by atoms with van der Waals surface area (Å²) in [7, 11) is -4.83. The lowest BCUT2D eigenvalue weighted by Crippen LogP contribution is -2.21. The minimum absolute atomic E-state index is 0.0135. The Balaban J connectivity index is 1.67. The molecule has 1 aliphatic rings. The first-order chi connectivity index (χ1) is 17.7. The van der Waals surface area contributed by atoms with Gasteiger partial charge in [-0.3, -0.25) is 13.9 Å². The van der Waals surface area contributed by atoms with Crippen molar-refractivity contribution in [2.75, 3.05) is 5.32 Å². The molecule has 204 valence electrons. The van der Waals surface area contributed by atoms with Gasteiger partial charge in [0.1, 0.15) is 24.0 Å². The number of rotatable bonds is 8. The van der Waals surface area contributed by atoms with E-state index >= 15 is 0 Å². The van der Waals surface area contributed by atoms with Gasteiger partial charge in [0, 0.05) is 29.1 Å². The third-order valence-electron chi connectivity index (χ3n) is 5.77. The van der Waals surface area contributed by atoms with E-state index in [1.165, 1.54) is 12.1 Å². The van der Waals surface area contributed by atoms with Crippen LogP contribution in [0.4, 0.5) is 23.2 Å². The Kier molecular flexibility index (Phi) is 7.89. The van der Waals surface area contributed by atoms with Gasteiger partial charge >= 0.3 is 14.0 Å². The lowest BCUT2D eigenvalue weighted by Gasteiger charge is -2.22. The van der Waals surface area contributed by atoms with Crippen molar-refractivity contribution >= 4 is 25.1 Å². The molecule has 9 nitrogen and oxygen atoms in total. The Bertz CT molecular complexity index is 1480. The van der Waals surface area contributed by atoms with Gasteiger partial charge in [-0.2, -0.15) is 13.2 Å². The lowest BCUT2D eigenvalue weighted by atomic mass is 10.1. The third-order valence-corrected chi connectivity index (χ3v) is 6.53. The molecule has 0 saturated carbocycles. The van der Waals surface area contributed by atoms with E-state index in [2.05, 4.69) is 9.84 Å². The topological polar surface area (TPSA) is 130 Å². The van der Waals surface area contributed by atoms with Crippen LogP contribution in [0.15, 0.2) is 47.4 Å². The monoisotopic (exact) mass is 578 g/mol. The van der Waals surface area contributed by atoms with Crippen molar-refractivity contribution in [1.82, 2.24) is 4.57 Å². The van der Waals surface area contributed by atoms with Crippen LogP contribution in [0, 0.1) is 5.82 Å². The highest BCUT2D eigenvalue weighted by Crippen LogP contribution is 2.43. The van der Waals surface area contributed by atoms with Crippen molar-refractivity contribution in [3.63, 3.8) is 0 Å². The summed E-state index contributed by atoms with van der Waals surface area (Å²) in [6, 6.07) is 6.17. The van der Waals surface area contributed by atoms with Crippen molar-refractivity contribution in [1.29, 1.82) is 0 Å². The molecule has 0 saturated heterocycles. The molecular formula is C23H20ClF4N2O7P. The molecule has 15 heteroatoms. The van der Waals surface area contributed by atoms with E-state index in [0.717, 1.165) is 29.0 Å². The van der Waals surface area contributed by atoms with Gasteiger partial charge < -0.3 is 24.9 Å². The number of phosphoric acid groups is 1. The molecule has 4 rings (SSSR count). The Morgan fingerprint density at radius 3 is 2.47 bits per heavy atom. The quantitative estimate of drug-likeness (QED) is 0.165. The summed E-state index contributed by atoms with van der Waals surface area (Å²) in [4.78, 5) is 29.8. The first kappa shape index (κ1) is 28.1. The lowest BCUT2D eigenvalue weighted by molar-refractivity contribution is -0.137. The van der Waals surface area contributed by atoms with Gasteiger partial charge in [-0.15, -0.1) is 0 Å². The summed E-state index contributed by atoms with van der Waals surface area (Å²) in [6.45, 7) is -0.750. The van der Waals surface area contributed by atoms with Crippen LogP contribution in [0.3, 0.4) is 0 Å². The van der Waals surface area contributed by atoms with Crippen LogP contribution >= 0.6 is 19.4 Å². The summed E-state index contributed by atoms with van der Waals surface area (Å²) in [5.41, 5.74) is -1.23. The molecule has 1 unspecified atom stereocenters. The van der Waals surface area contributed by atoms with Crippen LogP contribution in [-0.4, -0.2) is 19.5 Å². The van der Waals surface area contributed by atoms with Gasteiger partial charge in [0.05, 0.1) is 10.6 Å². The van der Waals surface area contributed by atoms with E-state index in [1.807, 2.05) is 0 Å². The van der Waals surface area contributed by atoms with E-state index in [9.17, 15) is 32.0 Å². The maximum Gasteiger partial charge on any atom is 0.471 e. The number of aliphatic hydroxyl groups is 1. The van der Waals surface area contributed by atoms with Crippen LogP contribution in [-0.2, 0) is 34.8 Å². The highest BCUT2D eigenvalue weighted by Gasteiger charge is 2.35. The number of phosphoric ester groups is 1. The molecule has 1 atom stereocenters. The van der Waals surface area contributed by atoms with Gasteiger partial charge in [0.25, 0.3) is 5.56 Å². The Morgan fingerprint density at radius 1 is 1.11 bits per heavy atom. The SMILES string of the molecule is O=c1cc(NC(O)c2cc(Cl)c(C(F)(F)F)cc2Oc2ccc(F)c3c2CCC3)ccn1COP(=O)(O)O. The fourth-order valence-corrected chi connectivity index (χ4v) is 4.56. The van der Waals surface area contributed by atoms with Crippen LogP contribution in [0.5, 0.6) is 11.5 Å². The second kappa shape index (κ2) is 10.7. The molecule has 2 aromatic carbocycles. The van der Waals surface area contributed by atoms with Crippen molar-refractivity contribution in [2.24, 2.45) is 0 Å². The average Bonchev–Trinajstić information content (AvgIpc) is 3.31. The number of aliphatic hydroxyl groups excluding tert-OH is 1. The van der Waals surface area contributed by atoms with Crippen molar-refractivity contribution < 1.29 is 46.3 Å². The number of hydrogen-bond acceptors (Lipinski definition) is 6. The molecule has 0 aliphatic heterocycles. The molecule has 0 amide bonds. The molecule has 0 bridgehead atoms. The molecule has 3 aromatic rings. The Morgan fingerprint density at radius 2 is 1.82 bits per heavy atom. The number of nitrogens with zero attached hydrogens (tertiary/aromatic N) is 1. The minimum Gasteiger partial charge on any atom is -0.457 e. The maximum absolute atomic E-state index is 14.2. The summed E-state index contributed by atoms with van der Waals surface area (Å²) in [6.07, 6.45) is -3.89. The predicted octanol–water partition coefficient (Wildman–Crippen LogP) is 5.11. The van der Waals surface area contributed by atoms with Gasteiger partial charge in [-0.25, -0.2) is 8.96 Å². The normalized spacial score (nSPS) is 14.3. The summed E-state index contributed by atoms with van der Waals surface area (Å²) in [5.74, 6) is -0.707. The zero-order chi connectivity index (χ0) is 27.8. The molecule has 4 N–H and O–H groups in total. The van der Waals surface area contributed by atoms with Gasteiger partial charge in [-0.05, 0) is 55.2 Å². The standard InChI is InChI=1S/C23H20ClF4N2O7P/c24-17-9-15(22(32)29-12-6-7-30(21(31)8-12)11-36-38(33,34)35)20(10-16(17)23(26,27)28)37-19-5-4-18(25)13-2-1-3-14(13)19/h4-10,22,29,32H,1-3,11H2,(H2,33,34,35). The van der Waals surface area contributed by atoms with Crippen molar-refractivity contribution in [2.45, 2.75) is 38.4 Å². The van der Waals surface area contributed by atoms with E-state index in [4.69, 9.17) is 26.1 Å². The zero-order valence-electron chi connectivity index (χ0n) is 19.2. The van der Waals surface area contributed by atoms with E-state index in [1.54, 1.807) is 0 Å². The first-order valence-electron chi connectivity index (χ1n) is 11.0. The number of alkyl halides is 3. The van der Waals surface area contributed by atoms with E-state index in [0.29, 0.717) is 36.5 Å². The number of hydrogen-bond donors (Lipinski definition) is 4. The first-order valence-corrected chi connectivity index (χ1v) is 12.9. The number of pyridine rings is 1. The average molecular weight is 579 g/mol. The van der Waals surface area contributed by atoms with Crippen LogP contribution in [0.25, 0.3) is 0 Å². The second-order valence-electron chi connectivity index (χ2n) is 8.34. The number of benzene rings is 2. The molecule has 0 radical (unpaired) electrons.